The lowest BCUT2D eigenvalue weighted by atomic mass is 9.85. The number of amides is 1. The highest BCUT2D eigenvalue weighted by Gasteiger charge is 2.48. The van der Waals surface area contributed by atoms with E-state index in [0.29, 0.717) is 17.8 Å². The predicted octanol–water partition coefficient (Wildman–Crippen LogP) is 0.947. The molecule has 114 valence electrons. The molecule has 5 heteroatoms. The fraction of sp³-hybridized carbons (Fsp3) is 0.933. The number of hydrogen-bond acceptors (Lipinski definition) is 4. The van der Waals surface area contributed by atoms with Crippen LogP contribution in [0.3, 0.4) is 0 Å². The van der Waals surface area contributed by atoms with Gasteiger partial charge in [0.2, 0.25) is 5.91 Å². The number of aliphatic hydroxyl groups excluding tert-OH is 1. The first kappa shape index (κ1) is 14.7. The molecule has 0 aromatic carbocycles. The molecule has 0 aromatic rings. The molecule has 1 heterocycles. The molecule has 3 aliphatic rings. The van der Waals surface area contributed by atoms with Crippen molar-refractivity contribution in [3.05, 3.63) is 0 Å². The second-order valence-electron chi connectivity index (χ2n) is 6.54. The number of carbonyl (C=O) groups is 1. The molecule has 2 N–H and O–H groups in total. The SMILES string of the molecule is CC(C(=O)NC1C2CCC(C2)C1CO)N1CCSCC1. The van der Waals surface area contributed by atoms with E-state index in [2.05, 4.69) is 10.2 Å². The van der Waals surface area contributed by atoms with Crippen molar-refractivity contribution >= 4 is 17.7 Å². The van der Waals surface area contributed by atoms with E-state index < -0.39 is 0 Å². The number of nitrogens with one attached hydrogen (secondary N) is 1. The van der Waals surface area contributed by atoms with Crippen molar-refractivity contribution in [2.75, 3.05) is 31.2 Å². The molecule has 0 spiro atoms. The average Bonchev–Trinajstić information content (AvgIpc) is 3.08. The van der Waals surface area contributed by atoms with Crippen molar-refractivity contribution in [2.45, 2.75) is 38.3 Å². The zero-order valence-corrected chi connectivity index (χ0v) is 13.1. The molecule has 2 aliphatic carbocycles. The fourth-order valence-electron chi connectivity index (χ4n) is 4.31. The van der Waals surface area contributed by atoms with Crippen LogP contribution in [0.1, 0.15) is 26.2 Å². The van der Waals surface area contributed by atoms with Gasteiger partial charge in [-0.3, -0.25) is 9.69 Å². The normalized spacial score (nSPS) is 38.9. The van der Waals surface area contributed by atoms with Crippen molar-refractivity contribution in [1.82, 2.24) is 10.2 Å². The number of fused-ring (bicyclic) bond motifs is 2. The van der Waals surface area contributed by atoms with Crippen molar-refractivity contribution in [3.63, 3.8) is 0 Å². The first-order chi connectivity index (χ1) is 9.70. The summed E-state index contributed by atoms with van der Waals surface area (Å²) in [6.45, 7) is 4.27. The summed E-state index contributed by atoms with van der Waals surface area (Å²) >= 11 is 1.97. The Bertz CT molecular complexity index is 360. The van der Waals surface area contributed by atoms with Gasteiger partial charge in [-0.1, -0.05) is 0 Å². The molecule has 0 aromatic heterocycles. The van der Waals surface area contributed by atoms with E-state index in [1.807, 2.05) is 18.7 Å². The predicted molar refractivity (Wildman–Crippen MR) is 81.7 cm³/mol. The summed E-state index contributed by atoms with van der Waals surface area (Å²) in [5.74, 6) is 3.95. The molecular weight excluding hydrogens is 272 g/mol. The minimum Gasteiger partial charge on any atom is -0.396 e. The fourth-order valence-corrected chi connectivity index (χ4v) is 5.24. The molecule has 3 fully saturated rings. The van der Waals surface area contributed by atoms with Gasteiger partial charge in [0, 0.05) is 43.2 Å². The number of aliphatic hydroxyl groups is 1. The molecule has 20 heavy (non-hydrogen) atoms. The van der Waals surface area contributed by atoms with Crippen LogP contribution in [0, 0.1) is 17.8 Å². The van der Waals surface area contributed by atoms with Gasteiger partial charge >= 0.3 is 0 Å². The van der Waals surface area contributed by atoms with Gasteiger partial charge < -0.3 is 10.4 Å². The summed E-state index contributed by atoms with van der Waals surface area (Å²) in [5.41, 5.74) is 0. The zero-order chi connectivity index (χ0) is 14.1. The third kappa shape index (κ3) is 2.72. The topological polar surface area (TPSA) is 52.6 Å². The number of thioether (sulfide) groups is 1. The van der Waals surface area contributed by atoms with E-state index in [0.717, 1.165) is 24.6 Å². The van der Waals surface area contributed by atoms with Gasteiger partial charge in [-0.05, 0) is 38.0 Å². The summed E-state index contributed by atoms with van der Waals surface area (Å²) < 4.78 is 0. The lowest BCUT2D eigenvalue weighted by molar-refractivity contribution is -0.127. The Labute approximate surface area is 125 Å². The van der Waals surface area contributed by atoms with E-state index in [9.17, 15) is 9.90 Å². The maximum Gasteiger partial charge on any atom is 0.237 e. The van der Waals surface area contributed by atoms with Crippen LogP contribution in [0.5, 0.6) is 0 Å². The van der Waals surface area contributed by atoms with Crippen LogP contribution >= 0.6 is 11.8 Å². The van der Waals surface area contributed by atoms with E-state index in [1.165, 1.54) is 19.3 Å². The maximum atomic E-state index is 12.5. The van der Waals surface area contributed by atoms with E-state index >= 15 is 0 Å². The molecule has 1 amide bonds. The Balaban J connectivity index is 1.57. The minimum atomic E-state index is -0.0330. The van der Waals surface area contributed by atoms with Gasteiger partial charge in [-0.25, -0.2) is 0 Å². The molecular formula is C15H26N2O2S. The summed E-state index contributed by atoms with van der Waals surface area (Å²) in [7, 11) is 0. The molecule has 4 nitrogen and oxygen atoms in total. The third-order valence-corrected chi connectivity index (χ3v) is 6.52. The molecule has 5 atom stereocenters. The summed E-state index contributed by atoms with van der Waals surface area (Å²) in [5, 5.41) is 12.9. The van der Waals surface area contributed by atoms with Gasteiger partial charge in [-0.15, -0.1) is 0 Å². The molecule has 3 rings (SSSR count). The zero-order valence-electron chi connectivity index (χ0n) is 12.3. The lowest BCUT2D eigenvalue weighted by Gasteiger charge is -2.35. The van der Waals surface area contributed by atoms with E-state index in [1.54, 1.807) is 0 Å². The first-order valence-corrected chi connectivity index (χ1v) is 9.09. The Morgan fingerprint density at radius 3 is 2.75 bits per heavy atom. The van der Waals surface area contributed by atoms with Gasteiger partial charge in [0.15, 0.2) is 0 Å². The lowest BCUT2D eigenvalue weighted by Crippen LogP contribution is -2.53. The highest BCUT2D eigenvalue weighted by molar-refractivity contribution is 7.99. The second kappa shape index (κ2) is 6.24. The molecule has 1 saturated heterocycles. The number of nitrogens with zero attached hydrogens (tertiary/aromatic N) is 1. The van der Waals surface area contributed by atoms with Crippen molar-refractivity contribution < 1.29 is 9.90 Å². The van der Waals surface area contributed by atoms with Crippen LogP contribution in [0.2, 0.25) is 0 Å². The van der Waals surface area contributed by atoms with Crippen LogP contribution in [-0.2, 0) is 4.79 Å². The largest absolute Gasteiger partial charge is 0.396 e. The quantitative estimate of drug-likeness (QED) is 0.811. The minimum absolute atomic E-state index is 0.0330. The summed E-state index contributed by atoms with van der Waals surface area (Å²) in [6.07, 6.45) is 3.66. The first-order valence-electron chi connectivity index (χ1n) is 7.93. The highest BCUT2D eigenvalue weighted by atomic mass is 32.2. The number of hydrogen-bond donors (Lipinski definition) is 2. The van der Waals surface area contributed by atoms with Gasteiger partial charge in [0.25, 0.3) is 0 Å². The van der Waals surface area contributed by atoms with Gasteiger partial charge in [0.05, 0.1) is 6.04 Å². The molecule has 5 unspecified atom stereocenters. The Morgan fingerprint density at radius 2 is 2.05 bits per heavy atom. The van der Waals surface area contributed by atoms with Gasteiger partial charge in [-0.2, -0.15) is 11.8 Å². The van der Waals surface area contributed by atoms with Crippen LogP contribution in [-0.4, -0.2) is 59.2 Å². The maximum absolute atomic E-state index is 12.5. The molecule has 2 bridgehead atoms. The Kier molecular flexibility index (Phi) is 4.58. The van der Waals surface area contributed by atoms with Crippen molar-refractivity contribution in [1.29, 1.82) is 0 Å². The third-order valence-electron chi connectivity index (χ3n) is 5.58. The Hall–Kier alpha value is -0.260. The van der Waals surface area contributed by atoms with Crippen LogP contribution in [0.25, 0.3) is 0 Å². The van der Waals surface area contributed by atoms with Crippen molar-refractivity contribution in [2.24, 2.45) is 17.8 Å². The number of rotatable bonds is 4. The molecule has 2 saturated carbocycles. The average molecular weight is 298 g/mol. The highest BCUT2D eigenvalue weighted by Crippen LogP contribution is 2.48. The molecule has 1 aliphatic heterocycles. The van der Waals surface area contributed by atoms with Crippen LogP contribution < -0.4 is 5.32 Å². The van der Waals surface area contributed by atoms with Gasteiger partial charge in [0.1, 0.15) is 0 Å². The number of carbonyl (C=O) groups excluding carboxylic acids is 1. The van der Waals surface area contributed by atoms with Crippen LogP contribution in [0.4, 0.5) is 0 Å². The van der Waals surface area contributed by atoms with Crippen molar-refractivity contribution in [3.8, 4) is 0 Å². The summed E-state index contributed by atoms with van der Waals surface area (Å²) in [4.78, 5) is 14.8. The second-order valence-corrected chi connectivity index (χ2v) is 7.76. The van der Waals surface area contributed by atoms with E-state index in [4.69, 9.17) is 0 Å². The smallest absolute Gasteiger partial charge is 0.237 e. The standard InChI is InChI=1S/C15H26N2O2S/c1-10(17-4-6-20-7-5-17)15(19)16-14-12-3-2-11(8-12)13(14)9-18/h10-14,18H,2-9H2,1H3,(H,16,19). The Morgan fingerprint density at radius 1 is 1.35 bits per heavy atom. The monoisotopic (exact) mass is 298 g/mol. The summed E-state index contributed by atoms with van der Waals surface area (Å²) in [6, 6.07) is 0.183. The van der Waals surface area contributed by atoms with Crippen LogP contribution in [0.15, 0.2) is 0 Å². The van der Waals surface area contributed by atoms with E-state index in [-0.39, 0.29) is 24.6 Å². The molecule has 0 radical (unpaired) electrons.